The van der Waals surface area contributed by atoms with E-state index in [1.807, 2.05) is 6.07 Å². The molecule has 0 bridgehead atoms. The maximum Gasteiger partial charge on any atom is 0.231 e. The van der Waals surface area contributed by atoms with E-state index in [0.717, 1.165) is 5.56 Å². The predicted molar refractivity (Wildman–Crippen MR) is 63.9 cm³/mol. The first-order valence-electron chi connectivity index (χ1n) is 5.40. The highest BCUT2D eigenvalue weighted by Crippen LogP contribution is 2.35. The van der Waals surface area contributed by atoms with Gasteiger partial charge in [0.1, 0.15) is 5.82 Å². The van der Waals surface area contributed by atoms with Crippen LogP contribution < -0.4 is 15.2 Å². The molecule has 0 atom stereocenters. The van der Waals surface area contributed by atoms with Crippen molar-refractivity contribution in [2.45, 2.75) is 6.61 Å². The molecule has 1 aromatic heterocycles. The molecule has 1 aromatic carbocycles. The molecule has 1 aliphatic rings. The van der Waals surface area contributed by atoms with Crippen LogP contribution in [0.2, 0.25) is 0 Å². The minimum absolute atomic E-state index is 0.173. The standard InChI is InChI=1S/C12H11N3O3/c13-11-8(5-16)4-14-12(15-11)7-1-2-9-10(3-7)18-6-17-9/h1-4,16H,5-6H2,(H2,13,14,15). The molecule has 0 amide bonds. The number of aliphatic hydroxyl groups excluding tert-OH is 1. The number of nitrogens with two attached hydrogens (primary N) is 1. The summed E-state index contributed by atoms with van der Waals surface area (Å²) < 4.78 is 10.5. The summed E-state index contributed by atoms with van der Waals surface area (Å²) in [5.41, 5.74) is 7.02. The summed E-state index contributed by atoms with van der Waals surface area (Å²) in [4.78, 5) is 8.31. The second kappa shape index (κ2) is 4.15. The molecule has 1 aliphatic heterocycles. The van der Waals surface area contributed by atoms with Crippen molar-refractivity contribution >= 4 is 5.82 Å². The lowest BCUT2D eigenvalue weighted by Crippen LogP contribution is -2.01. The van der Waals surface area contributed by atoms with Crippen LogP contribution in [0.1, 0.15) is 5.56 Å². The van der Waals surface area contributed by atoms with Crippen LogP contribution in [0.4, 0.5) is 5.82 Å². The van der Waals surface area contributed by atoms with Gasteiger partial charge >= 0.3 is 0 Å². The number of nitrogens with zero attached hydrogens (tertiary/aromatic N) is 2. The van der Waals surface area contributed by atoms with Gasteiger partial charge in [-0.2, -0.15) is 0 Å². The van der Waals surface area contributed by atoms with E-state index in [0.29, 0.717) is 22.9 Å². The Labute approximate surface area is 103 Å². The van der Waals surface area contributed by atoms with Gasteiger partial charge in [-0.25, -0.2) is 9.97 Å². The summed E-state index contributed by atoms with van der Waals surface area (Å²) >= 11 is 0. The Kier molecular flexibility index (Phi) is 2.49. The Morgan fingerprint density at radius 2 is 2.11 bits per heavy atom. The number of hydrogen-bond acceptors (Lipinski definition) is 6. The van der Waals surface area contributed by atoms with Gasteiger partial charge in [0, 0.05) is 17.3 Å². The van der Waals surface area contributed by atoms with Gasteiger partial charge in [-0.15, -0.1) is 0 Å². The molecule has 6 heteroatoms. The van der Waals surface area contributed by atoms with Gasteiger partial charge in [0.25, 0.3) is 0 Å². The Hall–Kier alpha value is -2.34. The van der Waals surface area contributed by atoms with Crippen LogP contribution >= 0.6 is 0 Å². The lowest BCUT2D eigenvalue weighted by atomic mass is 10.2. The third-order valence-electron chi connectivity index (χ3n) is 2.70. The van der Waals surface area contributed by atoms with E-state index in [4.69, 9.17) is 20.3 Å². The SMILES string of the molecule is Nc1nc(-c2ccc3c(c2)OCO3)ncc1CO. The fourth-order valence-corrected chi connectivity index (χ4v) is 1.72. The van der Waals surface area contributed by atoms with Crippen LogP contribution in [0.5, 0.6) is 11.5 Å². The molecule has 0 radical (unpaired) electrons. The van der Waals surface area contributed by atoms with Crippen LogP contribution in [-0.4, -0.2) is 21.9 Å². The molecular weight excluding hydrogens is 234 g/mol. The summed E-state index contributed by atoms with van der Waals surface area (Å²) in [6, 6.07) is 5.44. The summed E-state index contributed by atoms with van der Waals surface area (Å²) in [5, 5.41) is 9.01. The zero-order valence-electron chi connectivity index (χ0n) is 9.46. The molecule has 92 valence electrons. The van der Waals surface area contributed by atoms with Crippen molar-refractivity contribution < 1.29 is 14.6 Å². The fourth-order valence-electron chi connectivity index (χ4n) is 1.72. The largest absolute Gasteiger partial charge is 0.454 e. The second-order valence-corrected chi connectivity index (χ2v) is 3.83. The van der Waals surface area contributed by atoms with Crippen LogP contribution in [0.3, 0.4) is 0 Å². The summed E-state index contributed by atoms with van der Waals surface area (Å²) in [5.74, 6) is 2.14. The van der Waals surface area contributed by atoms with E-state index in [9.17, 15) is 0 Å². The number of rotatable bonds is 2. The van der Waals surface area contributed by atoms with Gasteiger partial charge in [0.05, 0.1) is 6.61 Å². The van der Waals surface area contributed by atoms with Gasteiger partial charge < -0.3 is 20.3 Å². The summed E-state index contributed by atoms with van der Waals surface area (Å²) in [6.45, 7) is 0.0541. The number of hydrogen-bond donors (Lipinski definition) is 2. The normalized spacial score (nSPS) is 12.7. The Morgan fingerprint density at radius 1 is 1.28 bits per heavy atom. The van der Waals surface area contributed by atoms with Crippen LogP contribution in [0, 0.1) is 0 Å². The van der Waals surface area contributed by atoms with Crippen molar-refractivity contribution in [3.05, 3.63) is 30.0 Å². The van der Waals surface area contributed by atoms with Crippen molar-refractivity contribution in [3.63, 3.8) is 0 Å². The molecule has 3 N–H and O–H groups in total. The second-order valence-electron chi connectivity index (χ2n) is 3.83. The number of anilines is 1. The topological polar surface area (TPSA) is 90.5 Å². The lowest BCUT2D eigenvalue weighted by molar-refractivity contribution is 0.174. The molecule has 3 rings (SSSR count). The highest BCUT2D eigenvalue weighted by molar-refractivity contribution is 5.63. The van der Waals surface area contributed by atoms with Crippen molar-refractivity contribution in [3.8, 4) is 22.9 Å². The molecule has 0 aliphatic carbocycles. The third kappa shape index (κ3) is 1.72. The zero-order valence-corrected chi connectivity index (χ0v) is 9.46. The van der Waals surface area contributed by atoms with E-state index in [1.165, 1.54) is 6.20 Å². The molecule has 18 heavy (non-hydrogen) atoms. The molecular formula is C12H11N3O3. The van der Waals surface area contributed by atoms with Crippen LogP contribution in [0.15, 0.2) is 24.4 Å². The maximum absolute atomic E-state index is 9.01. The average molecular weight is 245 g/mol. The smallest absolute Gasteiger partial charge is 0.231 e. The van der Waals surface area contributed by atoms with E-state index < -0.39 is 0 Å². The van der Waals surface area contributed by atoms with Crippen molar-refractivity contribution in [2.24, 2.45) is 0 Å². The number of nitrogen functional groups attached to an aromatic ring is 1. The minimum Gasteiger partial charge on any atom is -0.454 e. The zero-order chi connectivity index (χ0) is 12.5. The van der Waals surface area contributed by atoms with Gasteiger partial charge in [0.15, 0.2) is 17.3 Å². The lowest BCUT2D eigenvalue weighted by Gasteiger charge is -2.05. The molecule has 6 nitrogen and oxygen atoms in total. The summed E-state index contributed by atoms with van der Waals surface area (Å²) in [7, 11) is 0. The van der Waals surface area contributed by atoms with Gasteiger partial charge in [-0.05, 0) is 18.2 Å². The van der Waals surface area contributed by atoms with Crippen molar-refractivity contribution in [2.75, 3.05) is 12.5 Å². The number of benzene rings is 1. The third-order valence-corrected chi connectivity index (χ3v) is 2.70. The van der Waals surface area contributed by atoms with Crippen molar-refractivity contribution in [1.82, 2.24) is 9.97 Å². The Balaban J connectivity index is 2.02. The first kappa shape index (κ1) is 10.8. The molecule has 0 saturated carbocycles. The summed E-state index contributed by atoms with van der Waals surface area (Å²) in [6.07, 6.45) is 1.52. The molecule has 0 spiro atoms. The van der Waals surface area contributed by atoms with Gasteiger partial charge in [0.2, 0.25) is 6.79 Å². The van der Waals surface area contributed by atoms with Crippen molar-refractivity contribution in [1.29, 1.82) is 0 Å². The quantitative estimate of drug-likeness (QED) is 0.818. The van der Waals surface area contributed by atoms with E-state index >= 15 is 0 Å². The maximum atomic E-state index is 9.01. The van der Waals surface area contributed by atoms with Crippen LogP contribution in [0.25, 0.3) is 11.4 Å². The molecule has 2 heterocycles. The highest BCUT2D eigenvalue weighted by Gasteiger charge is 2.15. The predicted octanol–water partition coefficient (Wildman–Crippen LogP) is 0.947. The first-order valence-corrected chi connectivity index (χ1v) is 5.40. The molecule has 0 fully saturated rings. The number of aromatic nitrogens is 2. The van der Waals surface area contributed by atoms with Gasteiger partial charge in [-0.3, -0.25) is 0 Å². The van der Waals surface area contributed by atoms with E-state index in [-0.39, 0.29) is 19.2 Å². The van der Waals surface area contributed by atoms with E-state index in [2.05, 4.69) is 9.97 Å². The number of fused-ring (bicyclic) bond motifs is 1. The van der Waals surface area contributed by atoms with E-state index in [1.54, 1.807) is 12.1 Å². The Bertz CT molecular complexity index is 601. The molecule has 2 aromatic rings. The number of aliphatic hydroxyl groups is 1. The van der Waals surface area contributed by atoms with Gasteiger partial charge in [-0.1, -0.05) is 0 Å². The van der Waals surface area contributed by atoms with Crippen LogP contribution in [-0.2, 0) is 6.61 Å². The fraction of sp³-hybridized carbons (Fsp3) is 0.167. The highest BCUT2D eigenvalue weighted by atomic mass is 16.7. The molecule has 0 saturated heterocycles. The number of ether oxygens (including phenoxy) is 2. The average Bonchev–Trinajstić information content (AvgIpc) is 2.85. The first-order chi connectivity index (χ1) is 8.78. The monoisotopic (exact) mass is 245 g/mol. The molecule has 0 unspecified atom stereocenters. The minimum atomic E-state index is -0.173. The Morgan fingerprint density at radius 3 is 2.89 bits per heavy atom.